The number of phenolic OH excluding ortho intramolecular Hbond substituents is 1. The maximum atomic E-state index is 13.6. The molecule has 1 aliphatic rings. The number of amides is 3. The molecule has 2 unspecified atom stereocenters. The number of carbonyl (C=O) groups excluding carboxylic acids is 3. The summed E-state index contributed by atoms with van der Waals surface area (Å²) < 4.78 is 5.25. The number of phenols is 1. The van der Waals surface area contributed by atoms with Gasteiger partial charge in [-0.15, -0.1) is 0 Å². The Morgan fingerprint density at radius 3 is 2.49 bits per heavy atom. The molecule has 192 valence electrons. The molecule has 2 atom stereocenters. The zero-order valence-electron chi connectivity index (χ0n) is 20.8. The fourth-order valence-electron chi connectivity index (χ4n) is 4.09. The minimum Gasteiger partial charge on any atom is -0.507 e. The third-order valence-electron chi connectivity index (χ3n) is 5.77. The molecule has 35 heavy (non-hydrogen) atoms. The number of nitrogens with zero attached hydrogens (tertiary/aromatic N) is 2. The number of hydrogen-bond acceptors (Lipinski definition) is 7. The summed E-state index contributed by atoms with van der Waals surface area (Å²) in [5.41, 5.74) is -0.0480. The quantitative estimate of drug-likeness (QED) is 0.317. The molecule has 1 aliphatic carbocycles. The first kappa shape index (κ1) is 28.3. The lowest BCUT2D eigenvalue weighted by atomic mass is 9.94. The van der Waals surface area contributed by atoms with Crippen LogP contribution < -0.4 is 10.6 Å². The largest absolute Gasteiger partial charge is 0.507 e. The van der Waals surface area contributed by atoms with Crippen LogP contribution in [0.1, 0.15) is 70.0 Å². The van der Waals surface area contributed by atoms with E-state index in [-0.39, 0.29) is 23.1 Å². The lowest BCUT2D eigenvalue weighted by molar-refractivity contribution is -0.141. The van der Waals surface area contributed by atoms with Gasteiger partial charge in [0.05, 0.1) is 6.07 Å². The smallest absolute Gasteiger partial charge is 0.408 e. The molecule has 0 bridgehead atoms. The van der Waals surface area contributed by atoms with Gasteiger partial charge in [-0.1, -0.05) is 37.5 Å². The molecule has 1 fully saturated rings. The molecule has 3 N–H and O–H groups in total. The number of alkyl carbamates (subject to hydrolysis) is 1. The van der Waals surface area contributed by atoms with Gasteiger partial charge in [0.25, 0.3) is 0 Å². The van der Waals surface area contributed by atoms with Crippen molar-refractivity contribution in [2.24, 2.45) is 0 Å². The summed E-state index contributed by atoms with van der Waals surface area (Å²) in [6.45, 7) is 6.33. The van der Waals surface area contributed by atoms with Crippen molar-refractivity contribution in [3.63, 3.8) is 0 Å². The number of rotatable bonds is 8. The second kappa shape index (κ2) is 12.7. The molecule has 3 amide bonds. The van der Waals surface area contributed by atoms with Crippen molar-refractivity contribution >= 4 is 30.5 Å². The van der Waals surface area contributed by atoms with E-state index in [1.807, 2.05) is 6.07 Å². The minimum absolute atomic E-state index is 0.0506. The summed E-state index contributed by atoms with van der Waals surface area (Å²) in [6.07, 6.45) is 3.92. The van der Waals surface area contributed by atoms with Gasteiger partial charge in [-0.25, -0.2) is 4.79 Å². The van der Waals surface area contributed by atoms with Crippen LogP contribution in [0.5, 0.6) is 5.75 Å². The highest BCUT2D eigenvalue weighted by molar-refractivity contribution is 7.80. The summed E-state index contributed by atoms with van der Waals surface area (Å²) in [4.78, 5) is 40.5. The van der Waals surface area contributed by atoms with E-state index >= 15 is 0 Å². The number of benzene rings is 1. The first-order valence-corrected chi connectivity index (χ1v) is 12.5. The minimum atomic E-state index is -1.27. The molecule has 0 aromatic heterocycles. The molecule has 0 aliphatic heterocycles. The first-order chi connectivity index (χ1) is 16.5. The van der Waals surface area contributed by atoms with Crippen LogP contribution in [-0.4, -0.2) is 57.9 Å². The average molecular weight is 505 g/mol. The maximum absolute atomic E-state index is 13.6. The lowest BCUT2D eigenvalue weighted by Crippen LogP contribution is -2.54. The Balaban J connectivity index is 2.42. The summed E-state index contributed by atoms with van der Waals surface area (Å²) >= 11 is 4.20. The Morgan fingerprint density at radius 1 is 1.26 bits per heavy atom. The summed E-state index contributed by atoms with van der Waals surface area (Å²) in [5, 5.41) is 25.8. The average Bonchev–Trinajstić information content (AvgIpc) is 2.79. The van der Waals surface area contributed by atoms with Crippen molar-refractivity contribution in [2.75, 3.05) is 12.3 Å². The van der Waals surface area contributed by atoms with Crippen LogP contribution in [0, 0.1) is 18.3 Å². The number of aromatic hydroxyl groups is 1. The van der Waals surface area contributed by atoms with E-state index in [4.69, 9.17) is 4.74 Å². The van der Waals surface area contributed by atoms with Crippen molar-refractivity contribution < 1.29 is 24.2 Å². The van der Waals surface area contributed by atoms with Crippen LogP contribution in [0.4, 0.5) is 4.79 Å². The van der Waals surface area contributed by atoms with Gasteiger partial charge in [-0.3, -0.25) is 9.59 Å². The molecule has 0 radical (unpaired) electrons. The Kier molecular flexibility index (Phi) is 10.3. The van der Waals surface area contributed by atoms with Crippen molar-refractivity contribution in [3.05, 3.63) is 29.3 Å². The van der Waals surface area contributed by atoms with Crippen molar-refractivity contribution in [1.29, 1.82) is 5.26 Å². The highest BCUT2D eigenvalue weighted by Gasteiger charge is 2.38. The number of aryl methyl sites for hydroxylation is 1. The van der Waals surface area contributed by atoms with Gasteiger partial charge in [0, 0.05) is 17.4 Å². The van der Waals surface area contributed by atoms with Crippen LogP contribution >= 0.6 is 12.6 Å². The van der Waals surface area contributed by atoms with Crippen LogP contribution in [0.2, 0.25) is 0 Å². The van der Waals surface area contributed by atoms with E-state index in [1.165, 1.54) is 0 Å². The van der Waals surface area contributed by atoms with Gasteiger partial charge in [0.1, 0.15) is 30.0 Å². The molecule has 0 saturated heterocycles. The third kappa shape index (κ3) is 8.06. The van der Waals surface area contributed by atoms with Crippen molar-refractivity contribution in [3.8, 4) is 11.8 Å². The Labute approximate surface area is 212 Å². The SMILES string of the molecule is Cc1cccc(C(C(=O)NC2CCCCC2)N(CC#N)C(=O)C(CS)NC(=O)OC(C)(C)C)c1O. The number of carbonyl (C=O) groups is 3. The highest BCUT2D eigenvalue weighted by atomic mass is 32.1. The fraction of sp³-hybridized carbons (Fsp3) is 0.600. The third-order valence-corrected chi connectivity index (χ3v) is 6.14. The molecule has 1 aromatic carbocycles. The standard InChI is InChI=1S/C25H36N4O5S/c1-16-9-8-12-18(21(16)30)20(22(31)27-17-10-6-5-7-11-17)29(14-13-26)23(32)19(15-35)28-24(33)34-25(2,3)4/h8-9,12,17,19-20,30,35H,5-7,10-11,14-15H2,1-4H3,(H,27,31)(H,28,33). The molecule has 1 saturated carbocycles. The van der Waals surface area contributed by atoms with Crippen LogP contribution in [0.3, 0.4) is 0 Å². The Hall–Kier alpha value is -2.93. The van der Waals surface area contributed by atoms with E-state index in [2.05, 4.69) is 23.3 Å². The van der Waals surface area contributed by atoms with Gasteiger partial charge in [-0.05, 0) is 46.1 Å². The topological polar surface area (TPSA) is 132 Å². The van der Waals surface area contributed by atoms with Crippen LogP contribution in [-0.2, 0) is 14.3 Å². The highest BCUT2D eigenvalue weighted by Crippen LogP contribution is 2.32. The van der Waals surface area contributed by atoms with Crippen LogP contribution in [0.25, 0.3) is 0 Å². The zero-order valence-corrected chi connectivity index (χ0v) is 21.7. The Morgan fingerprint density at radius 2 is 1.91 bits per heavy atom. The summed E-state index contributed by atoms with van der Waals surface area (Å²) in [6, 6.07) is 4.38. The Bertz CT molecular complexity index is 950. The number of nitriles is 1. The molecule has 9 nitrogen and oxygen atoms in total. The second-order valence-electron chi connectivity index (χ2n) is 9.76. The lowest BCUT2D eigenvalue weighted by Gasteiger charge is -2.34. The van der Waals surface area contributed by atoms with E-state index in [1.54, 1.807) is 45.9 Å². The summed E-state index contributed by atoms with van der Waals surface area (Å²) in [7, 11) is 0. The maximum Gasteiger partial charge on any atom is 0.408 e. The molecule has 0 heterocycles. The van der Waals surface area contributed by atoms with Crippen molar-refractivity contribution in [2.45, 2.75) is 83.5 Å². The number of para-hydroxylation sites is 1. The molecule has 1 aromatic rings. The van der Waals surface area contributed by atoms with E-state index in [0.29, 0.717) is 5.56 Å². The number of ether oxygens (including phenoxy) is 1. The predicted molar refractivity (Wildman–Crippen MR) is 135 cm³/mol. The van der Waals surface area contributed by atoms with Crippen LogP contribution in [0.15, 0.2) is 18.2 Å². The number of hydrogen-bond donors (Lipinski definition) is 4. The van der Waals surface area contributed by atoms with Crippen molar-refractivity contribution in [1.82, 2.24) is 15.5 Å². The molecular formula is C25H36N4O5S. The molecule has 2 rings (SSSR count). The molecule has 10 heteroatoms. The number of thiol groups is 1. The van der Waals surface area contributed by atoms with Gasteiger partial charge < -0.3 is 25.4 Å². The van der Waals surface area contributed by atoms with Gasteiger partial charge in [0.2, 0.25) is 11.8 Å². The second-order valence-corrected chi connectivity index (χ2v) is 10.1. The predicted octanol–water partition coefficient (Wildman–Crippen LogP) is 3.37. The van der Waals surface area contributed by atoms with Gasteiger partial charge >= 0.3 is 6.09 Å². The summed E-state index contributed by atoms with van der Waals surface area (Å²) in [5.74, 6) is -1.39. The van der Waals surface area contributed by atoms with E-state index in [0.717, 1.165) is 37.0 Å². The monoisotopic (exact) mass is 504 g/mol. The van der Waals surface area contributed by atoms with Gasteiger partial charge in [0.15, 0.2) is 0 Å². The normalized spacial score (nSPS) is 15.9. The number of nitrogens with one attached hydrogen (secondary N) is 2. The van der Waals surface area contributed by atoms with E-state index < -0.39 is 42.1 Å². The van der Waals surface area contributed by atoms with Gasteiger partial charge in [-0.2, -0.15) is 17.9 Å². The van der Waals surface area contributed by atoms with E-state index in [9.17, 15) is 24.8 Å². The zero-order chi connectivity index (χ0) is 26.2. The molecule has 0 spiro atoms. The first-order valence-electron chi connectivity index (χ1n) is 11.8. The fourth-order valence-corrected chi connectivity index (χ4v) is 4.34. The molecular weight excluding hydrogens is 468 g/mol.